The fourth-order valence-electron chi connectivity index (χ4n) is 1.73. The Morgan fingerprint density at radius 1 is 1.33 bits per heavy atom. The van der Waals surface area contributed by atoms with Gasteiger partial charge in [-0.15, -0.1) is 33.1 Å². The van der Waals surface area contributed by atoms with E-state index in [1.165, 1.54) is 12.8 Å². The molecule has 0 N–H and O–H groups in total. The third kappa shape index (κ3) is 3.40. The van der Waals surface area contributed by atoms with Crippen LogP contribution < -0.4 is 0 Å². The number of halogens is 1. The fourth-order valence-corrected chi connectivity index (χ4v) is 2.88. The largest absolute Gasteiger partial charge is 0.378 e. The van der Waals surface area contributed by atoms with E-state index in [4.69, 9.17) is 16.3 Å². The molecule has 0 spiro atoms. The first-order chi connectivity index (χ1) is 7.38. The minimum atomic E-state index is 0.449. The standard InChI is InChI=1S/C10H15ClN2OS/c11-6-5-10-13-12-9(15-10)4-3-8-2-1-7-14-8/h8H,1-7H2. The molecule has 1 aromatic heterocycles. The number of aromatic nitrogens is 2. The summed E-state index contributed by atoms with van der Waals surface area (Å²) < 4.78 is 5.56. The minimum absolute atomic E-state index is 0.449. The summed E-state index contributed by atoms with van der Waals surface area (Å²) >= 11 is 7.32. The molecule has 1 atom stereocenters. The highest BCUT2D eigenvalue weighted by molar-refractivity contribution is 7.11. The molecule has 3 nitrogen and oxygen atoms in total. The second-order valence-electron chi connectivity index (χ2n) is 3.70. The summed E-state index contributed by atoms with van der Waals surface area (Å²) in [5, 5.41) is 10.4. The molecule has 0 radical (unpaired) electrons. The zero-order chi connectivity index (χ0) is 10.5. The van der Waals surface area contributed by atoms with Gasteiger partial charge in [-0.25, -0.2) is 0 Å². The smallest absolute Gasteiger partial charge is 0.118 e. The van der Waals surface area contributed by atoms with E-state index in [0.29, 0.717) is 12.0 Å². The van der Waals surface area contributed by atoms with Crippen LogP contribution in [0.15, 0.2) is 0 Å². The van der Waals surface area contributed by atoms with Crippen LogP contribution in [0.2, 0.25) is 0 Å². The molecule has 5 heteroatoms. The van der Waals surface area contributed by atoms with Crippen molar-refractivity contribution in [1.29, 1.82) is 0 Å². The van der Waals surface area contributed by atoms with E-state index in [2.05, 4.69) is 10.2 Å². The molecule has 2 heterocycles. The molecule has 1 aliphatic rings. The number of nitrogens with zero attached hydrogens (tertiary/aromatic N) is 2. The molecule has 15 heavy (non-hydrogen) atoms. The summed E-state index contributed by atoms with van der Waals surface area (Å²) in [6, 6.07) is 0. The van der Waals surface area contributed by atoms with Crippen LogP contribution in [-0.2, 0) is 17.6 Å². The number of hydrogen-bond donors (Lipinski definition) is 0. The number of ether oxygens (including phenoxy) is 1. The highest BCUT2D eigenvalue weighted by Crippen LogP contribution is 2.19. The second-order valence-corrected chi connectivity index (χ2v) is 5.23. The average molecular weight is 247 g/mol. The molecule has 1 aromatic rings. The lowest BCUT2D eigenvalue weighted by atomic mass is 10.1. The van der Waals surface area contributed by atoms with Gasteiger partial charge in [0.2, 0.25) is 0 Å². The molecule has 0 aromatic carbocycles. The van der Waals surface area contributed by atoms with E-state index in [1.807, 2.05) is 0 Å². The Hall–Kier alpha value is -0.190. The number of rotatable bonds is 5. The van der Waals surface area contributed by atoms with Gasteiger partial charge >= 0.3 is 0 Å². The average Bonchev–Trinajstić information content (AvgIpc) is 2.85. The Labute approximate surface area is 98.8 Å². The summed E-state index contributed by atoms with van der Waals surface area (Å²) in [6.45, 7) is 0.929. The molecular weight excluding hydrogens is 232 g/mol. The molecule has 0 aliphatic carbocycles. The molecule has 2 rings (SSSR count). The summed E-state index contributed by atoms with van der Waals surface area (Å²) in [4.78, 5) is 0. The van der Waals surface area contributed by atoms with E-state index < -0.39 is 0 Å². The van der Waals surface area contributed by atoms with Gasteiger partial charge in [-0.3, -0.25) is 0 Å². The van der Waals surface area contributed by atoms with Crippen LogP contribution in [0.1, 0.15) is 29.3 Å². The predicted octanol–water partition coefficient (Wildman–Crippen LogP) is 2.43. The van der Waals surface area contributed by atoms with Gasteiger partial charge < -0.3 is 4.74 Å². The van der Waals surface area contributed by atoms with Crippen LogP contribution in [0.4, 0.5) is 0 Å². The van der Waals surface area contributed by atoms with Crippen molar-refractivity contribution in [2.24, 2.45) is 0 Å². The van der Waals surface area contributed by atoms with Crippen LogP contribution in [0.5, 0.6) is 0 Å². The zero-order valence-electron chi connectivity index (χ0n) is 8.62. The van der Waals surface area contributed by atoms with E-state index in [9.17, 15) is 0 Å². The Balaban J connectivity index is 1.77. The molecule has 0 saturated carbocycles. The number of alkyl halides is 1. The quantitative estimate of drug-likeness (QED) is 0.749. The monoisotopic (exact) mass is 246 g/mol. The van der Waals surface area contributed by atoms with E-state index in [1.54, 1.807) is 11.3 Å². The maximum absolute atomic E-state index is 5.64. The summed E-state index contributed by atoms with van der Waals surface area (Å²) in [5.74, 6) is 0.625. The Morgan fingerprint density at radius 3 is 2.80 bits per heavy atom. The van der Waals surface area contributed by atoms with Gasteiger partial charge in [0.25, 0.3) is 0 Å². The van der Waals surface area contributed by atoms with Crippen LogP contribution in [0.3, 0.4) is 0 Å². The van der Waals surface area contributed by atoms with Crippen molar-refractivity contribution < 1.29 is 4.74 Å². The van der Waals surface area contributed by atoms with Gasteiger partial charge in [-0.1, -0.05) is 0 Å². The molecular formula is C10H15ClN2OS. The predicted molar refractivity (Wildman–Crippen MR) is 61.6 cm³/mol. The molecule has 84 valence electrons. The number of aryl methyl sites for hydroxylation is 2. The van der Waals surface area contributed by atoms with Crippen LogP contribution in [0, 0.1) is 0 Å². The normalized spacial score (nSPS) is 21.0. The first-order valence-electron chi connectivity index (χ1n) is 5.37. The second kappa shape index (κ2) is 5.77. The summed E-state index contributed by atoms with van der Waals surface area (Å²) in [5.41, 5.74) is 0. The van der Waals surface area contributed by atoms with Crippen molar-refractivity contribution in [1.82, 2.24) is 10.2 Å². The lowest BCUT2D eigenvalue weighted by molar-refractivity contribution is 0.104. The van der Waals surface area contributed by atoms with Crippen molar-refractivity contribution in [2.45, 2.75) is 38.2 Å². The van der Waals surface area contributed by atoms with Crippen molar-refractivity contribution in [3.8, 4) is 0 Å². The lowest BCUT2D eigenvalue weighted by Crippen LogP contribution is -2.05. The molecule has 1 fully saturated rings. The first kappa shape index (κ1) is 11.3. The van der Waals surface area contributed by atoms with Crippen LogP contribution in [0.25, 0.3) is 0 Å². The Kier molecular flexibility index (Phi) is 4.35. The Morgan fingerprint density at radius 2 is 2.13 bits per heavy atom. The van der Waals surface area contributed by atoms with Crippen LogP contribution >= 0.6 is 22.9 Å². The van der Waals surface area contributed by atoms with Gasteiger partial charge in [0, 0.05) is 25.3 Å². The maximum Gasteiger partial charge on any atom is 0.118 e. The number of hydrogen-bond acceptors (Lipinski definition) is 4. The fraction of sp³-hybridized carbons (Fsp3) is 0.800. The molecule has 1 saturated heterocycles. The molecule has 1 aliphatic heterocycles. The van der Waals surface area contributed by atoms with Crippen molar-refractivity contribution in [2.75, 3.05) is 12.5 Å². The third-order valence-corrected chi connectivity index (χ3v) is 3.75. The van der Waals surface area contributed by atoms with Gasteiger partial charge in [0.15, 0.2) is 0 Å². The molecule has 1 unspecified atom stereocenters. The Bertz CT molecular complexity index is 299. The van der Waals surface area contributed by atoms with Crippen LogP contribution in [-0.4, -0.2) is 28.8 Å². The first-order valence-corrected chi connectivity index (χ1v) is 6.72. The van der Waals surface area contributed by atoms with Gasteiger partial charge in [0.05, 0.1) is 6.10 Å². The maximum atomic E-state index is 5.64. The topological polar surface area (TPSA) is 35.0 Å². The van der Waals surface area contributed by atoms with E-state index in [0.717, 1.165) is 35.9 Å². The van der Waals surface area contributed by atoms with Crippen molar-refractivity contribution in [3.05, 3.63) is 10.0 Å². The zero-order valence-corrected chi connectivity index (χ0v) is 10.2. The minimum Gasteiger partial charge on any atom is -0.378 e. The van der Waals surface area contributed by atoms with Gasteiger partial charge in [-0.2, -0.15) is 0 Å². The summed E-state index contributed by atoms with van der Waals surface area (Å²) in [7, 11) is 0. The van der Waals surface area contributed by atoms with Gasteiger partial charge in [0.1, 0.15) is 10.0 Å². The molecule has 0 bridgehead atoms. The van der Waals surface area contributed by atoms with Crippen molar-refractivity contribution in [3.63, 3.8) is 0 Å². The van der Waals surface area contributed by atoms with E-state index in [-0.39, 0.29) is 0 Å². The highest BCUT2D eigenvalue weighted by Gasteiger charge is 2.16. The lowest BCUT2D eigenvalue weighted by Gasteiger charge is -2.05. The highest BCUT2D eigenvalue weighted by atomic mass is 35.5. The van der Waals surface area contributed by atoms with Gasteiger partial charge in [-0.05, 0) is 19.3 Å². The van der Waals surface area contributed by atoms with E-state index >= 15 is 0 Å². The summed E-state index contributed by atoms with van der Waals surface area (Å²) in [6.07, 6.45) is 5.76. The SMILES string of the molecule is ClCCc1nnc(CCC2CCCO2)s1. The third-order valence-electron chi connectivity index (χ3n) is 2.52. The van der Waals surface area contributed by atoms with Crippen molar-refractivity contribution >= 4 is 22.9 Å². The molecule has 0 amide bonds.